The van der Waals surface area contributed by atoms with Gasteiger partial charge in [0.1, 0.15) is 0 Å². The molecule has 0 bridgehead atoms. The monoisotopic (exact) mass is 754 g/mol. The summed E-state index contributed by atoms with van der Waals surface area (Å²) in [6, 6.07) is 0. The third kappa shape index (κ3) is 307. The van der Waals surface area contributed by atoms with Crippen molar-refractivity contribution >= 4 is 38.2 Å². The van der Waals surface area contributed by atoms with Gasteiger partial charge in [0.05, 0.1) is 0 Å². The van der Waals surface area contributed by atoms with Crippen LogP contribution in [0.4, 0.5) is 0 Å². The molecule has 0 rings (SSSR count). The van der Waals surface area contributed by atoms with Crippen molar-refractivity contribution in [1.82, 2.24) is 0 Å². The van der Waals surface area contributed by atoms with E-state index >= 15 is 0 Å². The third-order valence-electron chi connectivity index (χ3n) is 0. The fraction of sp³-hybridized carbons (Fsp3) is 1.00. The van der Waals surface area contributed by atoms with Gasteiger partial charge in [-0.2, -0.15) is 0 Å². The molecule has 14 heavy (non-hydrogen) atoms. The Balaban J connectivity index is -0.00000000558. The molecule has 0 atom stereocenters. The zero-order valence-electron chi connectivity index (χ0n) is 4.62. The zero-order valence-corrected chi connectivity index (χ0v) is 16.7. The first-order chi connectivity index (χ1) is 4.56. The molecule has 0 N–H and O–H groups in total. The molecule has 0 aromatic carbocycles. The average molecular weight is 756 g/mol. The van der Waals surface area contributed by atoms with E-state index in [-0.39, 0.29) is 50.7 Å². The van der Waals surface area contributed by atoms with Gasteiger partial charge in [0.25, 0.3) is 0 Å². The molecule has 12 heteroatoms. The van der Waals surface area contributed by atoms with E-state index in [9.17, 15) is 0 Å². The predicted molar refractivity (Wildman–Crippen MR) is 49.2 cm³/mol. The van der Waals surface area contributed by atoms with Gasteiger partial charge in [-0.05, 0) is 0 Å². The van der Waals surface area contributed by atoms with Crippen molar-refractivity contribution in [2.45, 2.75) is 14.9 Å². The van der Waals surface area contributed by atoms with Gasteiger partial charge >= 0.3 is 97.5 Å². The summed E-state index contributed by atoms with van der Waals surface area (Å²) in [7, 11) is 2.38. The maximum atomic E-state index is 8.61. The van der Waals surface area contributed by atoms with Crippen molar-refractivity contribution in [2.24, 2.45) is 0 Å². The van der Waals surface area contributed by atoms with E-state index in [1.807, 2.05) is 0 Å². The van der Waals surface area contributed by atoms with E-state index in [0.717, 1.165) is 8.35 Å². The second-order valence-corrected chi connectivity index (χ2v) is 8.64. The van der Waals surface area contributed by atoms with Crippen LogP contribution >= 0.6 is 0 Å². The summed E-state index contributed by atoms with van der Waals surface area (Å²) >= 11 is 9.51. The fourth-order valence-corrected chi connectivity index (χ4v) is 0. The second-order valence-electron chi connectivity index (χ2n) is 0.325. The number of hydrogen-bond acceptors (Lipinski definition) is 5. The maximum absolute atomic E-state index is 8.61. The molecule has 0 unspecified atom stereocenters. The molecule has 0 aromatic rings. The van der Waals surface area contributed by atoms with E-state index in [4.69, 9.17) is 10.2 Å². The topological polar surface area (TPSA) is 51.2 Å². The molecule has 0 aliphatic carbocycles. The van der Waals surface area contributed by atoms with E-state index in [1.165, 1.54) is 25.5 Å². The van der Waals surface area contributed by atoms with E-state index in [1.54, 1.807) is 0 Å². The fourth-order valence-electron chi connectivity index (χ4n) is 0. The molecule has 0 fully saturated rings. The van der Waals surface area contributed by atoms with Crippen LogP contribution in [0, 0.1) is 0 Å². The molecule has 0 spiro atoms. The molecule has 0 aliphatic heterocycles. The summed E-state index contributed by atoms with van der Waals surface area (Å²) in [6.45, 7) is 0. The molecule has 3 nitrogen and oxygen atoms in total. The van der Waals surface area contributed by atoms with Crippen LogP contribution in [-0.2, 0) is 130 Å². The Bertz CT molecular complexity index is 217. The summed E-state index contributed by atoms with van der Waals surface area (Å²) in [5.74, 6) is 0. The Hall–Kier alpha value is 3.14. The minimum atomic E-state index is -4.28. The zero-order chi connectivity index (χ0) is 8.99. The van der Waals surface area contributed by atoms with Crippen LogP contribution in [0.5, 0.6) is 0 Å². The molecular formula is C2H12Ni3O3S4W2. The quantitative estimate of drug-likeness (QED) is 0.351. The standard InChI is InChI=1S/2CH4.3Ni.3O.2S2.2W.2H2/c;;;;;;;;2*1-2;;;;/h2*1H4;;;;;;;;;;;2*1H. The summed E-state index contributed by atoms with van der Waals surface area (Å²) in [5, 5.41) is 0. The molecule has 0 radical (unpaired) electrons. The van der Waals surface area contributed by atoms with Crippen LogP contribution < -0.4 is 0 Å². The molecule has 0 saturated carbocycles. The van der Waals surface area contributed by atoms with Gasteiger partial charge in [-0.3, -0.25) is 0 Å². The molecule has 0 aromatic heterocycles. The van der Waals surface area contributed by atoms with Crippen LogP contribution in [-0.4, -0.2) is 0 Å². The first-order valence-corrected chi connectivity index (χ1v) is 12.8. The Morgan fingerprint density at radius 2 is 1.14 bits per heavy atom. The summed E-state index contributed by atoms with van der Waals surface area (Å²) in [6.07, 6.45) is 0. The van der Waals surface area contributed by atoms with Crippen LogP contribution in [0.2, 0.25) is 0 Å². The summed E-state index contributed by atoms with van der Waals surface area (Å²) in [4.78, 5) is 0. The predicted octanol–water partition coefficient (Wildman–Crippen LogP) is 1.39. The number of hydrogen-bond donors (Lipinski definition) is 0. The second kappa shape index (κ2) is 55.8. The molecule has 0 saturated heterocycles. The van der Waals surface area contributed by atoms with E-state index < -0.39 is 17.2 Å². The van der Waals surface area contributed by atoms with E-state index in [0.29, 0.717) is 0 Å². The van der Waals surface area contributed by atoms with Gasteiger partial charge in [-0.15, -0.1) is 0 Å². The van der Waals surface area contributed by atoms with Gasteiger partial charge < -0.3 is 0 Å². The molecule has 0 aliphatic rings. The van der Waals surface area contributed by atoms with Crippen LogP contribution in [0.3, 0.4) is 0 Å². The Labute approximate surface area is 146 Å². The molecule has 104 valence electrons. The van der Waals surface area contributed by atoms with Gasteiger partial charge in [0.2, 0.25) is 0 Å². The Kier molecular flexibility index (Phi) is 173. The summed E-state index contributed by atoms with van der Waals surface area (Å²) < 4.78 is 25.8. The van der Waals surface area contributed by atoms with Gasteiger partial charge in [0.15, 0.2) is 0 Å². The first kappa shape index (κ1) is 43.4. The SMILES string of the molecule is C.C.S=[S]=[Ni].S=[S]=[W].[HH].[HH].[Ni].[Ni].[O]=[W](=[O])=[O]. The van der Waals surface area contributed by atoms with Crippen molar-refractivity contribution < 1.29 is 95.1 Å². The third-order valence-corrected chi connectivity index (χ3v) is 0. The van der Waals surface area contributed by atoms with Gasteiger partial charge in [0, 0.05) is 35.8 Å². The van der Waals surface area contributed by atoms with Crippen molar-refractivity contribution in [1.29, 1.82) is 0 Å². The molecular weight excluding hydrogens is 744 g/mol. The van der Waals surface area contributed by atoms with Crippen LogP contribution in [0.1, 0.15) is 17.7 Å². The normalized spacial score (nSPS) is 3.57. The van der Waals surface area contributed by atoms with E-state index in [2.05, 4.69) is 36.2 Å². The van der Waals surface area contributed by atoms with Crippen molar-refractivity contribution in [2.75, 3.05) is 0 Å². The molecule has 0 amide bonds. The average Bonchev–Trinajstić information content (AvgIpc) is 1.65. The Morgan fingerprint density at radius 3 is 1.14 bits per heavy atom. The van der Waals surface area contributed by atoms with Gasteiger partial charge in [-0.25, -0.2) is 0 Å². The van der Waals surface area contributed by atoms with Crippen LogP contribution in [0.25, 0.3) is 0 Å². The molecule has 0 heterocycles. The Morgan fingerprint density at radius 1 is 1.14 bits per heavy atom. The van der Waals surface area contributed by atoms with Crippen molar-refractivity contribution in [3.8, 4) is 0 Å². The number of rotatable bonds is 0. The first-order valence-electron chi connectivity index (χ1n) is 1.13. The van der Waals surface area contributed by atoms with Crippen molar-refractivity contribution in [3.05, 3.63) is 0 Å². The minimum absolute atomic E-state index is 0. The van der Waals surface area contributed by atoms with Crippen LogP contribution in [0.15, 0.2) is 0 Å². The van der Waals surface area contributed by atoms with Crippen molar-refractivity contribution in [3.63, 3.8) is 0 Å². The van der Waals surface area contributed by atoms with Gasteiger partial charge in [-0.1, -0.05) is 14.9 Å². The summed E-state index contributed by atoms with van der Waals surface area (Å²) in [5.41, 5.74) is 0.